The molecule has 0 radical (unpaired) electrons. The van der Waals surface area contributed by atoms with Gasteiger partial charge in [-0.1, -0.05) is 24.3 Å². The number of amides is 1. The molecule has 1 fully saturated rings. The van der Waals surface area contributed by atoms with Crippen LogP contribution in [-0.4, -0.2) is 25.0 Å². The Hall–Kier alpha value is -2.63. The largest absolute Gasteiger partial charge is 0.457 e. The molecule has 3 aromatic rings. The van der Waals surface area contributed by atoms with Crippen LogP contribution in [0.2, 0.25) is 0 Å². The normalized spacial score (nSPS) is 16.3. The molecule has 4 rings (SSSR count). The maximum atomic E-state index is 12.9. The lowest BCUT2D eigenvalue weighted by atomic mass is 10.1. The fourth-order valence-corrected chi connectivity index (χ4v) is 5.07. The summed E-state index contributed by atoms with van der Waals surface area (Å²) in [6.07, 6.45) is 2.53. The van der Waals surface area contributed by atoms with Gasteiger partial charge in [0.25, 0.3) is 5.91 Å². The average molecular weight is 408 g/mol. The number of nitrogens with one attached hydrogen (secondary N) is 2. The van der Waals surface area contributed by atoms with Crippen LogP contribution in [0, 0.1) is 0 Å². The smallest absolute Gasteiger partial charge is 0.251 e. The molecular weight excluding hydrogens is 380 g/mol. The summed E-state index contributed by atoms with van der Waals surface area (Å²) >= 11 is 1.78. The number of benzene rings is 2. The molecule has 4 nitrogen and oxygen atoms in total. The van der Waals surface area contributed by atoms with Crippen LogP contribution in [0.25, 0.3) is 0 Å². The summed E-state index contributed by atoms with van der Waals surface area (Å²) in [5.74, 6) is 1.47. The molecule has 1 aromatic heterocycles. The Morgan fingerprint density at radius 3 is 2.31 bits per heavy atom. The third-order valence-electron chi connectivity index (χ3n) is 5.49. The van der Waals surface area contributed by atoms with Crippen LogP contribution >= 0.6 is 11.3 Å². The van der Waals surface area contributed by atoms with Gasteiger partial charge in [-0.15, -0.1) is 11.3 Å². The summed E-state index contributed by atoms with van der Waals surface area (Å²) in [6, 6.07) is 21.6. The molecule has 0 saturated carbocycles. The van der Waals surface area contributed by atoms with Gasteiger partial charge < -0.3 is 15.0 Å². The lowest BCUT2D eigenvalue weighted by molar-refractivity contribution is -0.920. The van der Waals surface area contributed by atoms with E-state index >= 15 is 0 Å². The predicted molar refractivity (Wildman–Crippen MR) is 117 cm³/mol. The molecule has 0 aliphatic carbocycles. The van der Waals surface area contributed by atoms with E-state index in [2.05, 4.69) is 29.8 Å². The molecule has 0 bridgehead atoms. The number of carbonyl (C=O) groups is 1. The van der Waals surface area contributed by atoms with E-state index in [-0.39, 0.29) is 11.9 Å². The monoisotopic (exact) mass is 407 g/mol. The number of thiophene rings is 1. The van der Waals surface area contributed by atoms with Crippen LogP contribution in [0.15, 0.2) is 72.1 Å². The van der Waals surface area contributed by atoms with Crippen LogP contribution in [-0.2, 0) is 0 Å². The van der Waals surface area contributed by atoms with Crippen molar-refractivity contribution < 1.29 is 14.4 Å². The Balaban J connectivity index is 1.42. The third-order valence-corrected chi connectivity index (χ3v) is 6.44. The molecule has 2 atom stereocenters. The summed E-state index contributed by atoms with van der Waals surface area (Å²) in [7, 11) is 0. The Morgan fingerprint density at radius 1 is 0.966 bits per heavy atom. The number of likely N-dealkylation sites (tertiary alicyclic amines) is 1. The second-order valence-electron chi connectivity index (χ2n) is 7.56. The van der Waals surface area contributed by atoms with E-state index in [1.54, 1.807) is 16.2 Å². The molecule has 1 aliphatic heterocycles. The summed E-state index contributed by atoms with van der Waals surface area (Å²) < 4.78 is 5.82. The zero-order chi connectivity index (χ0) is 20.1. The lowest BCUT2D eigenvalue weighted by Gasteiger charge is -2.29. The van der Waals surface area contributed by atoms with Crippen molar-refractivity contribution in [2.24, 2.45) is 0 Å². The molecule has 2 N–H and O–H groups in total. The van der Waals surface area contributed by atoms with E-state index in [1.165, 1.54) is 30.8 Å². The van der Waals surface area contributed by atoms with Crippen molar-refractivity contribution in [3.05, 3.63) is 82.6 Å². The summed E-state index contributed by atoms with van der Waals surface area (Å²) in [5.41, 5.74) is 0.651. The van der Waals surface area contributed by atoms with E-state index in [1.807, 2.05) is 54.6 Å². The number of carbonyl (C=O) groups excluding carboxylic acids is 1. The Kier molecular flexibility index (Phi) is 6.27. The Bertz CT molecular complexity index is 904. The number of hydrogen-bond acceptors (Lipinski definition) is 3. The van der Waals surface area contributed by atoms with Crippen molar-refractivity contribution >= 4 is 17.2 Å². The van der Waals surface area contributed by atoms with Crippen molar-refractivity contribution in [1.82, 2.24) is 5.32 Å². The number of rotatable bonds is 7. The van der Waals surface area contributed by atoms with Crippen LogP contribution in [0.1, 0.15) is 41.0 Å². The fraction of sp³-hybridized carbons (Fsp3) is 0.292. The maximum Gasteiger partial charge on any atom is 0.251 e. The first-order valence-electron chi connectivity index (χ1n) is 10.2. The summed E-state index contributed by atoms with van der Waals surface area (Å²) in [4.78, 5) is 15.8. The van der Waals surface area contributed by atoms with Gasteiger partial charge in [-0.2, -0.15) is 0 Å². The van der Waals surface area contributed by atoms with Gasteiger partial charge in [0.1, 0.15) is 17.5 Å². The quantitative estimate of drug-likeness (QED) is 0.620. The van der Waals surface area contributed by atoms with Gasteiger partial charge in [0, 0.05) is 18.4 Å². The lowest BCUT2D eigenvalue weighted by Crippen LogP contribution is -3.11. The second kappa shape index (κ2) is 9.25. The summed E-state index contributed by atoms with van der Waals surface area (Å²) in [5, 5.41) is 5.36. The first-order valence-corrected chi connectivity index (χ1v) is 11.1. The molecule has 29 heavy (non-hydrogen) atoms. The number of hydrogen-bond donors (Lipinski definition) is 2. The van der Waals surface area contributed by atoms with Crippen LogP contribution in [0.5, 0.6) is 11.5 Å². The molecule has 5 heteroatoms. The highest BCUT2D eigenvalue weighted by Crippen LogP contribution is 2.23. The topological polar surface area (TPSA) is 42.8 Å². The highest BCUT2D eigenvalue weighted by molar-refractivity contribution is 7.10. The van der Waals surface area contributed by atoms with Crippen LogP contribution < -0.4 is 15.0 Å². The molecule has 2 heterocycles. The van der Waals surface area contributed by atoms with Gasteiger partial charge in [-0.3, -0.25) is 4.79 Å². The van der Waals surface area contributed by atoms with Crippen molar-refractivity contribution in [3.63, 3.8) is 0 Å². The molecule has 1 amide bonds. The van der Waals surface area contributed by atoms with E-state index in [0.717, 1.165) is 11.5 Å². The average Bonchev–Trinajstić information content (AvgIpc) is 3.44. The minimum Gasteiger partial charge on any atom is -0.457 e. The van der Waals surface area contributed by atoms with Crippen molar-refractivity contribution in [1.29, 1.82) is 0 Å². The van der Waals surface area contributed by atoms with Gasteiger partial charge in [0.05, 0.1) is 24.0 Å². The number of para-hydroxylation sites is 1. The minimum atomic E-state index is -0.0380. The van der Waals surface area contributed by atoms with Gasteiger partial charge in [-0.25, -0.2) is 0 Å². The van der Waals surface area contributed by atoms with Crippen LogP contribution in [0.4, 0.5) is 0 Å². The van der Waals surface area contributed by atoms with E-state index in [0.29, 0.717) is 11.6 Å². The number of quaternary nitrogens is 1. The molecule has 0 unspecified atom stereocenters. The van der Waals surface area contributed by atoms with E-state index < -0.39 is 0 Å². The SMILES string of the molecule is C[C@H](NC(=O)c1ccc(Oc2ccccc2)cc1)[C@H](c1cccs1)[NH+]1CCCC1. The van der Waals surface area contributed by atoms with Crippen molar-refractivity contribution in [2.75, 3.05) is 13.1 Å². The molecular formula is C24H27N2O2S+. The third kappa shape index (κ3) is 4.86. The molecule has 2 aromatic carbocycles. The highest BCUT2D eigenvalue weighted by atomic mass is 32.1. The maximum absolute atomic E-state index is 12.9. The molecule has 150 valence electrons. The minimum absolute atomic E-state index is 0.0380. The van der Waals surface area contributed by atoms with E-state index in [4.69, 9.17) is 4.74 Å². The van der Waals surface area contributed by atoms with Crippen molar-refractivity contribution in [3.8, 4) is 11.5 Å². The van der Waals surface area contributed by atoms with Gasteiger partial charge in [0.15, 0.2) is 0 Å². The first-order chi connectivity index (χ1) is 14.2. The number of ether oxygens (including phenoxy) is 1. The van der Waals surface area contributed by atoms with Crippen LogP contribution in [0.3, 0.4) is 0 Å². The standard InChI is InChI=1S/C24H26N2O2S/c1-18(23(22-10-7-17-29-22)26-15-5-6-16-26)25-24(27)19-11-13-21(14-12-19)28-20-8-3-2-4-9-20/h2-4,7-14,17-18,23H,5-6,15-16H2,1H3,(H,25,27)/p+1/t18-,23+/m0/s1. The molecule has 0 spiro atoms. The first kappa shape index (κ1) is 19.7. The van der Waals surface area contributed by atoms with Gasteiger partial charge in [-0.05, 0) is 54.8 Å². The Morgan fingerprint density at radius 2 is 1.66 bits per heavy atom. The predicted octanol–water partition coefficient (Wildman–Crippen LogP) is 4.08. The van der Waals surface area contributed by atoms with Gasteiger partial charge >= 0.3 is 0 Å². The van der Waals surface area contributed by atoms with Gasteiger partial charge in [0.2, 0.25) is 0 Å². The van der Waals surface area contributed by atoms with E-state index in [9.17, 15) is 4.79 Å². The highest BCUT2D eigenvalue weighted by Gasteiger charge is 2.33. The zero-order valence-electron chi connectivity index (χ0n) is 16.6. The Labute approximate surface area is 176 Å². The fourth-order valence-electron chi connectivity index (χ4n) is 4.08. The zero-order valence-corrected chi connectivity index (χ0v) is 17.5. The molecule has 1 aliphatic rings. The van der Waals surface area contributed by atoms with Crippen molar-refractivity contribution in [2.45, 2.75) is 31.8 Å². The summed E-state index contributed by atoms with van der Waals surface area (Å²) in [6.45, 7) is 4.48. The molecule has 1 saturated heterocycles. The second-order valence-corrected chi connectivity index (χ2v) is 8.54.